The summed E-state index contributed by atoms with van der Waals surface area (Å²) in [7, 11) is 0. The highest BCUT2D eigenvalue weighted by Crippen LogP contribution is 2.26. The molecule has 3 rings (SSSR count). The Morgan fingerprint density at radius 1 is 1.33 bits per heavy atom. The van der Waals surface area contributed by atoms with Gasteiger partial charge in [-0.15, -0.1) is 0 Å². The monoisotopic (exact) mass is 351 g/mol. The molecule has 0 radical (unpaired) electrons. The normalized spacial score (nSPS) is 21.8. The van der Waals surface area contributed by atoms with Gasteiger partial charge < -0.3 is 15.3 Å². The Morgan fingerprint density at radius 2 is 2.00 bits per heavy atom. The molecule has 1 aliphatic rings. The predicted octanol–water partition coefficient (Wildman–Crippen LogP) is 2.95. The maximum Gasteiger partial charge on any atom is 0.438 e. The minimum Gasteiger partial charge on any atom is -0.409 e. The van der Waals surface area contributed by atoms with E-state index >= 15 is 0 Å². The maximum absolute atomic E-state index is 11.3. The van der Waals surface area contributed by atoms with Crippen LogP contribution in [0.5, 0.6) is 0 Å². The minimum absolute atomic E-state index is 0.0567. The molecule has 1 aliphatic carbocycles. The maximum atomic E-state index is 11.3. The van der Waals surface area contributed by atoms with Crippen LogP contribution in [0, 0.1) is 16.0 Å². The van der Waals surface area contributed by atoms with Gasteiger partial charge in [0.15, 0.2) is 0 Å². The van der Waals surface area contributed by atoms with Crippen molar-refractivity contribution in [3.05, 3.63) is 44.9 Å². The van der Waals surface area contributed by atoms with Gasteiger partial charge in [-0.25, -0.2) is 0 Å². The number of nitro groups is 1. The standard InChI is InChI=1S/C15H18ClN5O3/c1-10-4-2-3-5-13(10)17-14-15(21(23)24)18-19(20(14)22)12-8-6-11(16)7-9-12/h6-10,13,22H,2-5H2,1H3/t10-,13+/m1/s1. The van der Waals surface area contributed by atoms with Crippen LogP contribution in [0.1, 0.15) is 32.6 Å². The Morgan fingerprint density at radius 3 is 2.62 bits per heavy atom. The molecule has 24 heavy (non-hydrogen) atoms. The van der Waals surface area contributed by atoms with Crippen molar-refractivity contribution in [1.82, 2.24) is 14.7 Å². The van der Waals surface area contributed by atoms with Gasteiger partial charge in [0.25, 0.3) is 5.49 Å². The zero-order valence-corrected chi connectivity index (χ0v) is 13.9. The molecule has 1 heterocycles. The Bertz CT molecular complexity index is 812. The molecule has 0 unspecified atom stereocenters. The molecule has 9 heteroatoms. The van der Waals surface area contributed by atoms with Crippen LogP contribution in [0.15, 0.2) is 29.3 Å². The summed E-state index contributed by atoms with van der Waals surface area (Å²) in [5.41, 5.74) is 0.317. The molecule has 8 nitrogen and oxygen atoms in total. The summed E-state index contributed by atoms with van der Waals surface area (Å²) in [6, 6.07) is 6.39. The highest BCUT2D eigenvalue weighted by molar-refractivity contribution is 6.30. The van der Waals surface area contributed by atoms with Gasteiger partial charge in [-0.05, 0) is 52.7 Å². The van der Waals surface area contributed by atoms with Crippen LogP contribution >= 0.6 is 11.6 Å². The molecule has 1 aromatic heterocycles. The van der Waals surface area contributed by atoms with Crippen molar-refractivity contribution in [2.24, 2.45) is 10.9 Å². The first-order chi connectivity index (χ1) is 11.5. The lowest BCUT2D eigenvalue weighted by atomic mass is 9.86. The molecular formula is C15H18ClN5O3. The molecule has 0 spiro atoms. The Kier molecular flexibility index (Phi) is 4.57. The van der Waals surface area contributed by atoms with E-state index in [2.05, 4.69) is 17.0 Å². The Labute approximate surface area is 143 Å². The third kappa shape index (κ3) is 3.14. The highest BCUT2D eigenvalue weighted by Gasteiger charge is 2.27. The van der Waals surface area contributed by atoms with E-state index < -0.39 is 10.7 Å². The molecule has 0 saturated heterocycles. The van der Waals surface area contributed by atoms with Crippen LogP contribution in [0.2, 0.25) is 5.02 Å². The zero-order chi connectivity index (χ0) is 17.3. The smallest absolute Gasteiger partial charge is 0.409 e. The van der Waals surface area contributed by atoms with Crippen molar-refractivity contribution < 1.29 is 10.1 Å². The zero-order valence-electron chi connectivity index (χ0n) is 13.2. The Hall–Kier alpha value is -2.35. The summed E-state index contributed by atoms with van der Waals surface area (Å²) in [6.07, 6.45) is 4.05. The van der Waals surface area contributed by atoms with Crippen LogP contribution in [0.3, 0.4) is 0 Å². The van der Waals surface area contributed by atoms with Crippen LogP contribution in [-0.4, -0.2) is 30.9 Å². The van der Waals surface area contributed by atoms with Crippen LogP contribution < -0.4 is 5.49 Å². The van der Waals surface area contributed by atoms with Gasteiger partial charge in [0.2, 0.25) is 0 Å². The number of aromatic nitrogens is 3. The van der Waals surface area contributed by atoms with Crippen molar-refractivity contribution in [3.8, 4) is 5.69 Å². The van der Waals surface area contributed by atoms with E-state index in [0.717, 1.165) is 30.5 Å². The topological polar surface area (TPSA) is 98.5 Å². The van der Waals surface area contributed by atoms with Crippen molar-refractivity contribution in [2.75, 3.05) is 0 Å². The lowest BCUT2D eigenvalue weighted by Crippen LogP contribution is -2.28. The second kappa shape index (κ2) is 6.64. The predicted molar refractivity (Wildman–Crippen MR) is 87.4 cm³/mol. The summed E-state index contributed by atoms with van der Waals surface area (Å²) in [5.74, 6) is -0.151. The number of halogens is 1. The molecule has 2 aromatic rings. The van der Waals surface area contributed by atoms with E-state index in [9.17, 15) is 15.3 Å². The quantitative estimate of drug-likeness (QED) is 0.522. The van der Waals surface area contributed by atoms with Crippen LogP contribution in [0.4, 0.5) is 5.82 Å². The van der Waals surface area contributed by atoms with Gasteiger partial charge in [0.1, 0.15) is 5.69 Å². The number of rotatable bonds is 3. The molecular weight excluding hydrogens is 334 g/mol. The fourth-order valence-corrected chi connectivity index (χ4v) is 3.10. The SMILES string of the molecule is C[C@@H]1CCCC[C@@H]1N=c1c([N+](=O)[O-])nn(-c2ccc(Cl)cc2)n1O. The fraction of sp³-hybridized carbons (Fsp3) is 0.467. The molecule has 1 saturated carbocycles. The van der Waals surface area contributed by atoms with Crippen molar-refractivity contribution in [2.45, 2.75) is 38.6 Å². The molecule has 1 fully saturated rings. The van der Waals surface area contributed by atoms with Gasteiger partial charge in [0.05, 0.1) is 11.1 Å². The van der Waals surface area contributed by atoms with Gasteiger partial charge in [-0.2, -0.15) is 0 Å². The van der Waals surface area contributed by atoms with E-state index in [4.69, 9.17) is 11.6 Å². The molecule has 0 aliphatic heterocycles. The summed E-state index contributed by atoms with van der Waals surface area (Å²) in [4.78, 5) is 16.8. The molecule has 2 atom stereocenters. The second-order valence-electron chi connectivity index (χ2n) is 6.02. The number of hydrogen-bond donors (Lipinski definition) is 1. The molecule has 1 aromatic carbocycles. The first kappa shape index (κ1) is 16.5. The summed E-state index contributed by atoms with van der Waals surface area (Å²) in [6.45, 7) is 2.07. The lowest BCUT2D eigenvalue weighted by Gasteiger charge is -2.24. The molecule has 128 valence electrons. The third-order valence-corrected chi connectivity index (χ3v) is 4.60. The minimum atomic E-state index is -0.633. The molecule has 1 N–H and O–H groups in total. The van der Waals surface area contributed by atoms with Gasteiger partial charge in [-0.1, -0.05) is 36.2 Å². The van der Waals surface area contributed by atoms with E-state index in [1.807, 2.05) is 0 Å². The third-order valence-electron chi connectivity index (χ3n) is 4.34. The van der Waals surface area contributed by atoms with Gasteiger partial charge >= 0.3 is 5.82 Å². The average Bonchev–Trinajstić information content (AvgIpc) is 2.88. The van der Waals surface area contributed by atoms with Crippen molar-refractivity contribution >= 4 is 17.4 Å². The second-order valence-corrected chi connectivity index (χ2v) is 6.45. The van der Waals surface area contributed by atoms with E-state index in [1.54, 1.807) is 24.3 Å². The molecule has 0 amide bonds. The first-order valence-electron chi connectivity index (χ1n) is 7.83. The van der Waals surface area contributed by atoms with Crippen LogP contribution in [-0.2, 0) is 0 Å². The molecule has 0 bridgehead atoms. The van der Waals surface area contributed by atoms with E-state index in [1.165, 1.54) is 0 Å². The summed E-state index contributed by atoms with van der Waals surface area (Å²) >= 11 is 5.84. The Balaban J connectivity index is 2.11. The number of nitrogens with zero attached hydrogens (tertiary/aromatic N) is 5. The highest BCUT2D eigenvalue weighted by atomic mass is 35.5. The number of benzene rings is 1. The van der Waals surface area contributed by atoms with Crippen molar-refractivity contribution in [1.29, 1.82) is 0 Å². The van der Waals surface area contributed by atoms with Gasteiger partial charge in [0, 0.05) is 5.02 Å². The van der Waals surface area contributed by atoms with Crippen molar-refractivity contribution in [3.63, 3.8) is 0 Å². The summed E-state index contributed by atoms with van der Waals surface area (Å²) < 4.78 is 0. The van der Waals surface area contributed by atoms with E-state index in [-0.39, 0.29) is 11.5 Å². The average molecular weight is 352 g/mol. The van der Waals surface area contributed by atoms with Crippen LogP contribution in [0.25, 0.3) is 5.69 Å². The largest absolute Gasteiger partial charge is 0.438 e. The first-order valence-corrected chi connectivity index (χ1v) is 8.21. The van der Waals surface area contributed by atoms with Gasteiger partial charge in [-0.3, -0.25) is 4.99 Å². The fourth-order valence-electron chi connectivity index (χ4n) is 2.97. The summed E-state index contributed by atoms with van der Waals surface area (Å²) in [5, 5.41) is 26.1. The van der Waals surface area contributed by atoms with E-state index in [0.29, 0.717) is 21.5 Å². The lowest BCUT2D eigenvalue weighted by molar-refractivity contribution is -0.391. The number of hydrogen-bond acceptors (Lipinski definition) is 5.